The summed E-state index contributed by atoms with van der Waals surface area (Å²) < 4.78 is 0. The molecule has 0 saturated carbocycles. The van der Waals surface area contributed by atoms with Crippen LogP contribution in [0.3, 0.4) is 0 Å². The average Bonchev–Trinajstić information content (AvgIpc) is 4.06. The molecule has 2 aromatic heterocycles. The number of amides is 7. The molecule has 0 aliphatic carbocycles. The van der Waals surface area contributed by atoms with E-state index in [-0.39, 0.29) is 44.4 Å². The number of nitrogens with two attached hydrogens (primary N) is 2. The number of carbonyl (C=O) groups is 9. The van der Waals surface area contributed by atoms with Crippen LogP contribution < -0.4 is 48.7 Å². The molecule has 80 heavy (non-hydrogen) atoms. The predicted octanol–water partition coefficient (Wildman–Crippen LogP) is 0.0484. The van der Waals surface area contributed by atoms with Gasteiger partial charge in [0.15, 0.2) is 0 Å². The Morgan fingerprint density at radius 1 is 0.500 bits per heavy atom. The zero-order valence-corrected chi connectivity index (χ0v) is 43.6. The molecule has 4 aromatic carbocycles. The summed E-state index contributed by atoms with van der Waals surface area (Å²) in [6.07, 6.45) is 2.60. The first-order valence-electron chi connectivity index (χ1n) is 25.9. The van der Waals surface area contributed by atoms with Gasteiger partial charge in [-0.2, -0.15) is 0 Å². The van der Waals surface area contributed by atoms with Crippen LogP contribution in [0, 0.1) is 0 Å². The Labute approximate surface area is 459 Å². The van der Waals surface area contributed by atoms with E-state index >= 15 is 0 Å². The number of carbonyl (C=O) groups excluding carboxylic acids is 7. The fraction of sp³-hybridized carbons (Fsp3) is 0.339. The molecule has 0 fully saturated rings. The SMILES string of the molecule is NCCCC[C@H](NC(=O)[C@H](Cc1c[nH]c2ccccc12)NC(=O)[C@@H](N)CO)C(=O)N[C@@H](Cc1ccc(O)cc1)C(=O)N[C@@H](Cc1c[nH]c2ccccc12)C(=O)N[C@@H](Cc1ccccc1)C(=O)NCC(=O)N[C@@H](CCC(=O)O)C(=O)O. The van der Waals surface area contributed by atoms with E-state index < -0.39 is 122 Å². The first kappa shape index (κ1) is 60.1. The van der Waals surface area contributed by atoms with Gasteiger partial charge in [-0.05, 0) is 78.7 Å². The summed E-state index contributed by atoms with van der Waals surface area (Å²) in [5.74, 6) is -8.85. The summed E-state index contributed by atoms with van der Waals surface area (Å²) in [7, 11) is 0. The summed E-state index contributed by atoms with van der Waals surface area (Å²) in [5, 5.41) is 58.1. The molecule has 7 atom stereocenters. The highest BCUT2D eigenvalue weighted by molar-refractivity contribution is 5.98. The fourth-order valence-electron chi connectivity index (χ4n) is 8.87. The standard InChI is InChI=1S/C56H67N11O13/c57-23-9-8-16-42(63-54(77)46(64-50(73)39(58)31-68)26-34-28-59-40-14-6-4-12-37(34)40)52(75)66-45(25-33-17-19-36(69)20-18-33)53(76)67-47(27-35-29-60-41-15-7-5-13-38(35)41)55(78)65-44(24-32-10-2-1-3-11-32)51(74)61-30-48(70)62-43(56(79)80)21-22-49(71)72/h1-7,10-15,17-20,28-29,39,42-47,59-60,68-69H,8-9,16,21-27,30-31,57-58H2,(H,61,74)(H,62,70)(H,63,77)(H,64,73)(H,65,78)(H,66,75)(H,67,76)(H,71,72)(H,79,80)/t39-,42-,43-,44-,45-,46-,47-/m0/s1. The number of aromatic nitrogens is 2. The molecule has 6 aromatic rings. The lowest BCUT2D eigenvalue weighted by atomic mass is 10.00. The number of benzene rings is 4. The molecule has 0 aliphatic rings. The van der Waals surface area contributed by atoms with Crippen LogP contribution >= 0.6 is 0 Å². The van der Waals surface area contributed by atoms with E-state index in [2.05, 4.69) is 47.2 Å². The maximum Gasteiger partial charge on any atom is 0.326 e. The number of nitrogens with one attached hydrogen (secondary N) is 9. The lowest BCUT2D eigenvalue weighted by Gasteiger charge is -2.28. The van der Waals surface area contributed by atoms with Crippen molar-refractivity contribution in [2.45, 2.75) is 100 Å². The van der Waals surface area contributed by atoms with Crippen LogP contribution in [0.5, 0.6) is 5.75 Å². The van der Waals surface area contributed by atoms with Gasteiger partial charge in [-0.3, -0.25) is 38.4 Å². The summed E-state index contributed by atoms with van der Waals surface area (Å²) >= 11 is 0. The number of carboxylic acids is 2. The second-order valence-corrected chi connectivity index (χ2v) is 19.2. The third kappa shape index (κ3) is 17.7. The molecule has 424 valence electrons. The first-order chi connectivity index (χ1) is 38.4. The van der Waals surface area contributed by atoms with Crippen LogP contribution in [0.15, 0.2) is 116 Å². The number of aliphatic carboxylic acids is 2. The topological polar surface area (TPSA) is 402 Å². The minimum Gasteiger partial charge on any atom is -0.508 e. The molecule has 0 unspecified atom stereocenters. The van der Waals surface area contributed by atoms with Gasteiger partial charge in [-0.25, -0.2) is 4.79 Å². The zero-order valence-electron chi connectivity index (χ0n) is 43.6. The first-order valence-corrected chi connectivity index (χ1v) is 25.9. The maximum absolute atomic E-state index is 14.9. The van der Waals surface area contributed by atoms with Gasteiger partial charge in [0, 0.05) is 66.3 Å². The van der Waals surface area contributed by atoms with Crippen molar-refractivity contribution in [3.63, 3.8) is 0 Å². The number of phenolic OH excluding ortho intramolecular Hbond substituents is 1. The number of carboxylic acid groups (broad SMARTS) is 2. The van der Waals surface area contributed by atoms with Crippen molar-refractivity contribution >= 4 is 75.1 Å². The van der Waals surface area contributed by atoms with Crippen molar-refractivity contribution in [1.82, 2.24) is 47.2 Å². The van der Waals surface area contributed by atoms with Gasteiger partial charge in [0.2, 0.25) is 41.4 Å². The number of aromatic hydroxyl groups is 1. The second-order valence-electron chi connectivity index (χ2n) is 19.2. The van der Waals surface area contributed by atoms with Crippen molar-refractivity contribution in [2.24, 2.45) is 11.5 Å². The Bertz CT molecular complexity index is 3110. The van der Waals surface area contributed by atoms with Crippen molar-refractivity contribution in [3.8, 4) is 5.75 Å². The molecule has 17 N–H and O–H groups in total. The smallest absolute Gasteiger partial charge is 0.326 e. The van der Waals surface area contributed by atoms with Crippen LogP contribution in [-0.4, -0.2) is 146 Å². The third-order valence-electron chi connectivity index (χ3n) is 13.2. The van der Waals surface area contributed by atoms with Crippen LogP contribution in [0.4, 0.5) is 0 Å². The summed E-state index contributed by atoms with van der Waals surface area (Å²) in [5.41, 5.74) is 15.4. The number of H-pyrrole nitrogens is 2. The molecule has 7 amide bonds. The van der Waals surface area contributed by atoms with Gasteiger partial charge in [0.25, 0.3) is 0 Å². The molecule has 0 aliphatic heterocycles. The Balaban J connectivity index is 1.29. The molecular weight excluding hydrogens is 1030 g/mol. The number of unbranched alkanes of at least 4 members (excludes halogenated alkanes) is 1. The lowest BCUT2D eigenvalue weighted by molar-refractivity contribution is -0.143. The van der Waals surface area contributed by atoms with E-state index in [1.54, 1.807) is 67.0 Å². The zero-order chi connectivity index (χ0) is 57.7. The van der Waals surface area contributed by atoms with Gasteiger partial charge in [-0.15, -0.1) is 0 Å². The average molecular weight is 1100 g/mol. The van der Waals surface area contributed by atoms with Crippen LogP contribution in [-0.2, 0) is 68.8 Å². The highest BCUT2D eigenvalue weighted by atomic mass is 16.4. The van der Waals surface area contributed by atoms with Crippen molar-refractivity contribution < 1.29 is 63.6 Å². The number of phenols is 1. The molecule has 24 nitrogen and oxygen atoms in total. The highest BCUT2D eigenvalue weighted by Crippen LogP contribution is 2.22. The highest BCUT2D eigenvalue weighted by Gasteiger charge is 2.34. The molecule has 24 heteroatoms. The van der Waals surface area contributed by atoms with Gasteiger partial charge in [0.1, 0.15) is 48.0 Å². The number of fused-ring (bicyclic) bond motifs is 2. The monoisotopic (exact) mass is 1100 g/mol. The van der Waals surface area contributed by atoms with Crippen molar-refractivity contribution in [1.29, 1.82) is 0 Å². The van der Waals surface area contributed by atoms with Crippen molar-refractivity contribution in [3.05, 3.63) is 138 Å². The molecule has 0 saturated heterocycles. The number of para-hydroxylation sites is 2. The fourth-order valence-corrected chi connectivity index (χ4v) is 8.87. The van der Waals surface area contributed by atoms with E-state index in [0.717, 1.165) is 10.9 Å². The Morgan fingerprint density at radius 2 is 0.963 bits per heavy atom. The number of rotatable bonds is 31. The molecule has 0 bridgehead atoms. The lowest BCUT2D eigenvalue weighted by Crippen LogP contribution is -2.60. The number of aliphatic hydroxyl groups excluding tert-OH is 1. The largest absolute Gasteiger partial charge is 0.508 e. The number of aromatic amines is 2. The molecule has 6 rings (SSSR count). The van der Waals surface area contributed by atoms with Crippen LogP contribution in [0.25, 0.3) is 21.8 Å². The van der Waals surface area contributed by atoms with E-state index in [4.69, 9.17) is 16.6 Å². The predicted molar refractivity (Wildman–Crippen MR) is 293 cm³/mol. The maximum atomic E-state index is 14.9. The number of aliphatic hydroxyl groups is 1. The molecule has 0 spiro atoms. The van der Waals surface area contributed by atoms with Gasteiger partial charge in [-0.1, -0.05) is 78.9 Å². The van der Waals surface area contributed by atoms with E-state index in [0.29, 0.717) is 46.0 Å². The minimum absolute atomic E-state index is 0.0230. The van der Waals surface area contributed by atoms with Gasteiger partial charge in [0.05, 0.1) is 13.2 Å². The molecular formula is C56H67N11O13. The summed E-state index contributed by atoms with van der Waals surface area (Å²) in [4.78, 5) is 128. The number of hydrogen-bond donors (Lipinski definition) is 15. The summed E-state index contributed by atoms with van der Waals surface area (Å²) in [6, 6.07) is 18.9. The van der Waals surface area contributed by atoms with Crippen LogP contribution in [0.1, 0.15) is 54.4 Å². The van der Waals surface area contributed by atoms with Crippen LogP contribution in [0.2, 0.25) is 0 Å². The number of hydrogen-bond acceptors (Lipinski definition) is 13. The quantitative estimate of drug-likeness (QED) is 0.0256. The van der Waals surface area contributed by atoms with Crippen molar-refractivity contribution in [2.75, 3.05) is 19.7 Å². The molecule has 0 radical (unpaired) electrons. The van der Waals surface area contributed by atoms with Gasteiger partial charge < -0.3 is 79.1 Å². The second kappa shape index (κ2) is 29.6. The third-order valence-corrected chi connectivity index (χ3v) is 13.2. The molecule has 2 heterocycles. The van der Waals surface area contributed by atoms with E-state index in [1.807, 2.05) is 24.3 Å². The van der Waals surface area contributed by atoms with E-state index in [9.17, 15) is 58.5 Å². The Morgan fingerprint density at radius 3 is 1.48 bits per heavy atom. The Hall–Kier alpha value is -9.13. The summed E-state index contributed by atoms with van der Waals surface area (Å²) in [6.45, 7) is -1.22. The Kier molecular flexibility index (Phi) is 22.2. The van der Waals surface area contributed by atoms with Gasteiger partial charge >= 0.3 is 11.9 Å². The minimum atomic E-state index is -1.57. The normalized spacial score (nSPS) is 13.8. The van der Waals surface area contributed by atoms with E-state index in [1.165, 1.54) is 24.3 Å².